The van der Waals surface area contributed by atoms with Crippen LogP contribution in [-0.2, 0) is 16.0 Å². The summed E-state index contributed by atoms with van der Waals surface area (Å²) in [6.45, 7) is 2.41. The van der Waals surface area contributed by atoms with Crippen LogP contribution in [-0.4, -0.2) is 40.9 Å². The Hall–Kier alpha value is -2.23. The predicted octanol–water partition coefficient (Wildman–Crippen LogP) is 1.85. The highest BCUT2D eigenvalue weighted by molar-refractivity contribution is 7.80. The number of carbonyl (C=O) groups is 1. The molecule has 0 aliphatic rings. The molecule has 0 saturated carbocycles. The molecule has 0 fully saturated rings. The number of halogens is 1. The molecule has 0 aliphatic heterocycles. The molecule has 1 aromatic carbocycles. The zero-order valence-electron chi connectivity index (χ0n) is 14.4. The van der Waals surface area contributed by atoms with Gasteiger partial charge in [0.05, 0.1) is 6.61 Å². The van der Waals surface area contributed by atoms with Crippen LogP contribution in [0.15, 0.2) is 28.8 Å². The second-order valence-electron chi connectivity index (χ2n) is 5.52. The lowest BCUT2D eigenvalue weighted by Crippen LogP contribution is -2.50. The topological polar surface area (TPSA) is 101 Å². The molecule has 0 radical (unpaired) electrons. The lowest BCUT2D eigenvalue weighted by atomic mass is 10.2. The fraction of sp³-hybridized carbons (Fsp3) is 0.375. The van der Waals surface area contributed by atoms with Crippen molar-refractivity contribution in [1.82, 2.24) is 26.3 Å². The summed E-state index contributed by atoms with van der Waals surface area (Å²) in [5.41, 5.74) is 5.93. The third-order valence-corrected chi connectivity index (χ3v) is 3.72. The zero-order chi connectivity index (χ0) is 18.9. The fourth-order valence-electron chi connectivity index (χ4n) is 2.03. The zero-order valence-corrected chi connectivity index (χ0v) is 16.0. The number of hydrazine groups is 1. The lowest BCUT2D eigenvalue weighted by Gasteiger charge is -2.16. The van der Waals surface area contributed by atoms with Crippen LogP contribution in [0.3, 0.4) is 0 Å². The van der Waals surface area contributed by atoms with Gasteiger partial charge in [-0.2, -0.15) is 4.98 Å². The molecule has 0 aliphatic carbocycles. The molecule has 2 rings (SSSR count). The summed E-state index contributed by atoms with van der Waals surface area (Å²) in [7, 11) is 1.60. The Morgan fingerprint density at radius 2 is 2.08 bits per heavy atom. The number of carbonyl (C=O) groups excluding carboxylic acids is 1. The van der Waals surface area contributed by atoms with Crippen molar-refractivity contribution < 1.29 is 14.1 Å². The Labute approximate surface area is 161 Å². The van der Waals surface area contributed by atoms with Crippen molar-refractivity contribution in [3.05, 3.63) is 35.2 Å². The normalized spacial score (nSPS) is 11.7. The molecular weight excluding hydrogens is 378 g/mol. The number of methoxy groups -OCH3 is 1. The third kappa shape index (κ3) is 6.58. The Morgan fingerprint density at radius 3 is 2.77 bits per heavy atom. The highest BCUT2D eigenvalue weighted by Gasteiger charge is 2.11. The smallest absolute Gasteiger partial charge is 0.238 e. The molecule has 0 unspecified atom stereocenters. The van der Waals surface area contributed by atoms with Crippen LogP contribution in [0, 0.1) is 0 Å². The Kier molecular flexibility index (Phi) is 7.76. The second kappa shape index (κ2) is 10.0. The van der Waals surface area contributed by atoms with Crippen LogP contribution < -0.4 is 16.2 Å². The van der Waals surface area contributed by atoms with Crippen LogP contribution in [0.1, 0.15) is 19.2 Å². The molecule has 1 aromatic heterocycles. The van der Waals surface area contributed by atoms with Gasteiger partial charge < -0.3 is 14.6 Å². The van der Waals surface area contributed by atoms with Gasteiger partial charge in [-0.05, 0) is 43.4 Å². The first-order valence-electron chi connectivity index (χ1n) is 7.90. The summed E-state index contributed by atoms with van der Waals surface area (Å²) in [6.07, 6.45) is 0.486. The Morgan fingerprint density at radius 1 is 1.35 bits per heavy atom. The van der Waals surface area contributed by atoms with Gasteiger partial charge in [0.15, 0.2) is 5.11 Å². The summed E-state index contributed by atoms with van der Waals surface area (Å²) in [5.74, 6) is 0.576. The summed E-state index contributed by atoms with van der Waals surface area (Å²) in [5, 5.41) is 7.81. The molecule has 0 bridgehead atoms. The number of hydrogen-bond donors (Lipinski definition) is 3. The van der Waals surface area contributed by atoms with Crippen LogP contribution in [0.5, 0.6) is 0 Å². The first-order chi connectivity index (χ1) is 12.5. The lowest BCUT2D eigenvalue weighted by molar-refractivity contribution is -0.121. The van der Waals surface area contributed by atoms with E-state index in [1.165, 1.54) is 0 Å². The van der Waals surface area contributed by atoms with Crippen molar-refractivity contribution in [2.75, 3.05) is 13.7 Å². The minimum Gasteiger partial charge on any atom is -0.383 e. The predicted molar refractivity (Wildman–Crippen MR) is 101 cm³/mol. The number of rotatable bonds is 7. The summed E-state index contributed by atoms with van der Waals surface area (Å²) in [4.78, 5) is 16.1. The molecule has 26 heavy (non-hydrogen) atoms. The van der Waals surface area contributed by atoms with E-state index in [1.807, 2.05) is 6.92 Å². The molecule has 10 heteroatoms. The quantitative estimate of drug-likeness (QED) is 0.480. The number of benzene rings is 1. The average Bonchev–Trinajstić information content (AvgIpc) is 3.08. The number of hydrogen-bond acceptors (Lipinski definition) is 6. The first kappa shape index (κ1) is 20.1. The van der Waals surface area contributed by atoms with Gasteiger partial charge in [0.1, 0.15) is 0 Å². The van der Waals surface area contributed by atoms with Crippen molar-refractivity contribution in [2.24, 2.45) is 0 Å². The maximum Gasteiger partial charge on any atom is 0.238 e. The Bertz CT molecular complexity index is 738. The van der Waals surface area contributed by atoms with Crippen LogP contribution in [0.25, 0.3) is 11.4 Å². The van der Waals surface area contributed by atoms with Gasteiger partial charge >= 0.3 is 0 Å². The van der Waals surface area contributed by atoms with E-state index in [0.717, 1.165) is 5.56 Å². The maximum atomic E-state index is 11.9. The molecule has 0 saturated heterocycles. The Balaban J connectivity index is 1.74. The summed E-state index contributed by atoms with van der Waals surface area (Å²) >= 11 is 10.9. The van der Waals surface area contributed by atoms with E-state index >= 15 is 0 Å². The van der Waals surface area contributed by atoms with Crippen molar-refractivity contribution in [3.63, 3.8) is 0 Å². The number of nitrogens with one attached hydrogen (secondary N) is 3. The number of ether oxygens (including phenoxy) is 1. The third-order valence-electron chi connectivity index (χ3n) is 3.25. The molecule has 3 N–H and O–H groups in total. The van der Waals surface area contributed by atoms with Gasteiger partial charge in [-0.3, -0.25) is 15.6 Å². The van der Waals surface area contributed by atoms with Gasteiger partial charge in [0, 0.05) is 36.6 Å². The molecule has 0 spiro atoms. The summed E-state index contributed by atoms with van der Waals surface area (Å²) in [6, 6.07) is 7.12. The van der Waals surface area contributed by atoms with Crippen molar-refractivity contribution in [2.45, 2.75) is 25.8 Å². The van der Waals surface area contributed by atoms with E-state index in [2.05, 4.69) is 26.3 Å². The minimum atomic E-state index is -0.250. The number of amides is 1. The van der Waals surface area contributed by atoms with Crippen molar-refractivity contribution >= 4 is 34.8 Å². The number of aromatic nitrogens is 2. The average molecular weight is 398 g/mol. The largest absolute Gasteiger partial charge is 0.383 e. The van der Waals surface area contributed by atoms with Gasteiger partial charge in [-0.1, -0.05) is 16.8 Å². The monoisotopic (exact) mass is 397 g/mol. The van der Waals surface area contributed by atoms with Gasteiger partial charge in [0.2, 0.25) is 17.6 Å². The van der Waals surface area contributed by atoms with E-state index in [1.54, 1.807) is 31.4 Å². The molecule has 8 nitrogen and oxygen atoms in total. The summed E-state index contributed by atoms with van der Waals surface area (Å²) < 4.78 is 10.1. The fourth-order valence-corrected chi connectivity index (χ4v) is 2.41. The molecular formula is C16H20ClN5O3S. The van der Waals surface area contributed by atoms with E-state index < -0.39 is 0 Å². The molecule has 2 aromatic rings. The molecule has 1 atom stereocenters. The van der Waals surface area contributed by atoms with Crippen molar-refractivity contribution in [3.8, 4) is 11.4 Å². The molecule has 140 valence electrons. The highest BCUT2D eigenvalue weighted by atomic mass is 35.5. The number of nitrogens with zero attached hydrogens (tertiary/aromatic N) is 2. The van der Waals surface area contributed by atoms with Crippen LogP contribution >= 0.6 is 23.8 Å². The minimum absolute atomic E-state index is 0.0292. The van der Waals surface area contributed by atoms with Crippen molar-refractivity contribution in [1.29, 1.82) is 0 Å². The molecule has 1 amide bonds. The molecule has 1 heterocycles. The number of thiocarbonyl (C=S) groups is 1. The van der Waals surface area contributed by atoms with E-state index in [4.69, 9.17) is 33.1 Å². The van der Waals surface area contributed by atoms with Crippen LogP contribution in [0.4, 0.5) is 0 Å². The second-order valence-corrected chi connectivity index (χ2v) is 6.37. The van der Waals surface area contributed by atoms with E-state index in [9.17, 15) is 4.79 Å². The van der Waals surface area contributed by atoms with E-state index in [0.29, 0.717) is 34.9 Å². The standard InChI is InChI=1S/C16H20ClN5O3S/c1-10(9-24-2)18-16(26)21-20-13(23)7-8-14-19-15(22-25-14)11-3-5-12(17)6-4-11/h3-6,10H,7-9H2,1-2H3,(H,20,23)(H2,18,21,26)/t10-/m0/s1. The van der Waals surface area contributed by atoms with Gasteiger partial charge in [-0.15, -0.1) is 0 Å². The van der Waals surface area contributed by atoms with Crippen LogP contribution in [0.2, 0.25) is 5.02 Å². The maximum absolute atomic E-state index is 11.9. The number of aryl methyl sites for hydroxylation is 1. The first-order valence-corrected chi connectivity index (χ1v) is 8.69. The van der Waals surface area contributed by atoms with Gasteiger partial charge in [0.25, 0.3) is 0 Å². The van der Waals surface area contributed by atoms with Gasteiger partial charge in [-0.25, -0.2) is 0 Å². The highest BCUT2D eigenvalue weighted by Crippen LogP contribution is 2.18. The SMILES string of the molecule is COC[C@H](C)NC(=S)NNC(=O)CCc1nc(-c2ccc(Cl)cc2)no1. The van der Waals surface area contributed by atoms with E-state index in [-0.39, 0.29) is 18.4 Å².